The molecule has 0 amide bonds. The highest BCUT2D eigenvalue weighted by molar-refractivity contribution is 6.33. The number of halogens is 8. The topological polar surface area (TPSA) is 20.2 Å². The van der Waals surface area contributed by atoms with E-state index in [0.29, 0.717) is 0 Å². The lowest BCUT2D eigenvalue weighted by atomic mass is 9.95. The van der Waals surface area contributed by atoms with Crippen molar-refractivity contribution in [3.63, 3.8) is 0 Å². The lowest BCUT2D eigenvalue weighted by molar-refractivity contribution is -0.305. The maximum absolute atomic E-state index is 12.4. The average Bonchev–Trinajstić information content (AvgIpc) is 2.18. The molecule has 9 heteroatoms. The number of benzene rings is 1. The molecular weight excluding hydrogens is 333 g/mol. The van der Waals surface area contributed by atoms with Crippen LogP contribution in [0.4, 0.5) is 26.3 Å². The van der Waals surface area contributed by atoms with Crippen molar-refractivity contribution < 1.29 is 31.4 Å². The van der Waals surface area contributed by atoms with Gasteiger partial charge in [0.15, 0.2) is 5.92 Å². The van der Waals surface area contributed by atoms with E-state index in [9.17, 15) is 31.4 Å². The van der Waals surface area contributed by atoms with Crippen molar-refractivity contribution in [2.24, 2.45) is 5.92 Å². The summed E-state index contributed by atoms with van der Waals surface area (Å²) in [5.74, 6) is -3.84. The van der Waals surface area contributed by atoms with Gasteiger partial charge in [-0.05, 0) is 23.8 Å². The predicted molar refractivity (Wildman–Crippen MR) is 61.8 cm³/mol. The summed E-state index contributed by atoms with van der Waals surface area (Å²) in [6.45, 7) is 0. The Morgan fingerprint density at radius 2 is 1.50 bits per heavy atom. The monoisotopic (exact) mass is 340 g/mol. The molecule has 20 heavy (non-hydrogen) atoms. The number of hydrogen-bond acceptors (Lipinski definition) is 1. The van der Waals surface area contributed by atoms with Crippen molar-refractivity contribution in [2.75, 3.05) is 0 Å². The van der Waals surface area contributed by atoms with E-state index in [0.717, 1.165) is 6.07 Å². The Balaban J connectivity index is 3.03. The first-order chi connectivity index (χ1) is 8.93. The first kappa shape index (κ1) is 17.4. The van der Waals surface area contributed by atoms with E-state index in [1.54, 1.807) is 0 Å². The fourth-order valence-electron chi connectivity index (χ4n) is 1.66. The molecule has 0 saturated heterocycles. The molecule has 0 bridgehead atoms. The molecule has 1 rings (SSSR count). The minimum atomic E-state index is -5.61. The van der Waals surface area contributed by atoms with Crippen LogP contribution in [0.5, 0.6) is 0 Å². The Kier molecular flexibility index (Phi) is 5.21. The summed E-state index contributed by atoms with van der Waals surface area (Å²) in [6.07, 6.45) is -14.8. The van der Waals surface area contributed by atoms with Crippen LogP contribution in [-0.4, -0.2) is 23.6 Å². The van der Waals surface area contributed by atoms with E-state index in [-0.39, 0.29) is 15.6 Å². The van der Waals surface area contributed by atoms with E-state index < -0.39 is 30.8 Å². The van der Waals surface area contributed by atoms with Gasteiger partial charge >= 0.3 is 12.4 Å². The van der Waals surface area contributed by atoms with Crippen molar-refractivity contribution in [1.82, 2.24) is 0 Å². The standard InChI is InChI=1S/C11H8Cl2F6O/c12-6-1-2-7(13)5(3-6)4-8(20)9(10(14,15)16)11(17,18)19/h1-3,8-9,20H,4H2. The molecule has 1 atom stereocenters. The van der Waals surface area contributed by atoms with Gasteiger partial charge in [-0.25, -0.2) is 0 Å². The number of rotatable bonds is 3. The fourth-order valence-corrected chi connectivity index (χ4v) is 2.05. The summed E-state index contributed by atoms with van der Waals surface area (Å²) in [4.78, 5) is 0. The largest absolute Gasteiger partial charge is 0.403 e. The van der Waals surface area contributed by atoms with Gasteiger partial charge in [-0.3, -0.25) is 0 Å². The molecule has 1 aromatic rings. The Labute approximate surface area is 120 Å². The van der Waals surface area contributed by atoms with Gasteiger partial charge in [0.05, 0.1) is 6.10 Å². The molecular formula is C11H8Cl2F6O. The third-order valence-electron chi connectivity index (χ3n) is 2.53. The summed E-state index contributed by atoms with van der Waals surface area (Å²) in [6, 6.07) is 3.66. The second kappa shape index (κ2) is 5.99. The Morgan fingerprint density at radius 3 is 1.95 bits per heavy atom. The van der Waals surface area contributed by atoms with Crippen molar-refractivity contribution >= 4 is 23.2 Å². The van der Waals surface area contributed by atoms with Gasteiger partial charge in [0.1, 0.15) is 0 Å². The van der Waals surface area contributed by atoms with Crippen LogP contribution >= 0.6 is 23.2 Å². The van der Waals surface area contributed by atoms with Crippen LogP contribution in [0, 0.1) is 5.92 Å². The van der Waals surface area contributed by atoms with Crippen LogP contribution in [0.2, 0.25) is 10.0 Å². The minimum Gasteiger partial charge on any atom is -0.392 e. The van der Waals surface area contributed by atoms with Crippen LogP contribution < -0.4 is 0 Å². The molecule has 0 spiro atoms. The normalized spacial score (nSPS) is 14.7. The molecule has 0 aliphatic heterocycles. The van der Waals surface area contributed by atoms with Gasteiger partial charge in [-0.15, -0.1) is 0 Å². The molecule has 0 radical (unpaired) electrons. The number of hydrogen-bond donors (Lipinski definition) is 1. The first-order valence-electron chi connectivity index (χ1n) is 5.18. The quantitative estimate of drug-likeness (QED) is 0.795. The van der Waals surface area contributed by atoms with Crippen LogP contribution in [0.1, 0.15) is 5.56 Å². The fraction of sp³-hybridized carbons (Fsp3) is 0.455. The van der Waals surface area contributed by atoms with Gasteiger partial charge < -0.3 is 5.11 Å². The van der Waals surface area contributed by atoms with E-state index in [2.05, 4.69) is 0 Å². The molecule has 1 nitrogen and oxygen atoms in total. The van der Waals surface area contributed by atoms with E-state index in [1.807, 2.05) is 0 Å². The van der Waals surface area contributed by atoms with Gasteiger partial charge in [-0.2, -0.15) is 26.3 Å². The highest BCUT2D eigenvalue weighted by atomic mass is 35.5. The Morgan fingerprint density at radius 1 is 1.00 bits per heavy atom. The molecule has 0 aliphatic carbocycles. The minimum absolute atomic E-state index is 0.0726. The van der Waals surface area contributed by atoms with Gasteiger partial charge in [0, 0.05) is 16.5 Å². The van der Waals surface area contributed by atoms with Gasteiger partial charge in [0.25, 0.3) is 0 Å². The number of aliphatic hydroxyl groups excluding tert-OH is 1. The van der Waals surface area contributed by atoms with Gasteiger partial charge in [0.2, 0.25) is 0 Å². The lowest BCUT2D eigenvalue weighted by Crippen LogP contribution is -2.45. The highest BCUT2D eigenvalue weighted by Crippen LogP contribution is 2.42. The van der Waals surface area contributed by atoms with Crippen molar-refractivity contribution in [1.29, 1.82) is 0 Å². The molecule has 0 saturated carbocycles. The van der Waals surface area contributed by atoms with Crippen LogP contribution in [0.15, 0.2) is 18.2 Å². The predicted octanol–water partition coefficient (Wildman–Crippen LogP) is 4.64. The first-order valence-corrected chi connectivity index (χ1v) is 5.94. The Bertz CT molecular complexity index is 457. The lowest BCUT2D eigenvalue weighted by Gasteiger charge is -2.27. The molecule has 0 aliphatic rings. The molecule has 114 valence electrons. The summed E-state index contributed by atoms with van der Waals surface area (Å²) in [5.41, 5.74) is -0.0924. The second-order valence-corrected chi connectivity index (χ2v) is 4.91. The molecule has 0 fully saturated rings. The van der Waals surface area contributed by atoms with Crippen LogP contribution in [0.3, 0.4) is 0 Å². The smallest absolute Gasteiger partial charge is 0.392 e. The molecule has 0 heterocycles. The third-order valence-corrected chi connectivity index (χ3v) is 3.13. The maximum Gasteiger partial charge on any atom is 0.403 e. The SMILES string of the molecule is OC(Cc1cc(Cl)ccc1Cl)C(C(F)(F)F)C(F)(F)F. The van der Waals surface area contributed by atoms with Gasteiger partial charge in [-0.1, -0.05) is 23.2 Å². The summed E-state index contributed by atoms with van der Waals surface area (Å²) >= 11 is 11.2. The molecule has 1 unspecified atom stereocenters. The summed E-state index contributed by atoms with van der Waals surface area (Å²) in [7, 11) is 0. The molecule has 1 N–H and O–H groups in total. The zero-order chi connectivity index (χ0) is 15.7. The Hall–Kier alpha value is -0.660. The number of alkyl halides is 6. The third kappa shape index (κ3) is 4.43. The molecule has 0 aromatic heterocycles. The van der Waals surface area contributed by atoms with E-state index in [1.165, 1.54) is 12.1 Å². The van der Waals surface area contributed by atoms with E-state index >= 15 is 0 Å². The number of aliphatic hydroxyl groups is 1. The van der Waals surface area contributed by atoms with Crippen LogP contribution in [0.25, 0.3) is 0 Å². The highest BCUT2D eigenvalue weighted by Gasteiger charge is 2.60. The zero-order valence-electron chi connectivity index (χ0n) is 9.56. The van der Waals surface area contributed by atoms with Crippen molar-refractivity contribution in [2.45, 2.75) is 24.9 Å². The zero-order valence-corrected chi connectivity index (χ0v) is 11.1. The van der Waals surface area contributed by atoms with Crippen molar-refractivity contribution in [3.8, 4) is 0 Å². The maximum atomic E-state index is 12.4. The average molecular weight is 341 g/mol. The van der Waals surface area contributed by atoms with Crippen LogP contribution in [-0.2, 0) is 6.42 Å². The van der Waals surface area contributed by atoms with E-state index in [4.69, 9.17) is 23.2 Å². The molecule has 1 aromatic carbocycles. The van der Waals surface area contributed by atoms with Crippen molar-refractivity contribution in [3.05, 3.63) is 33.8 Å². The second-order valence-electron chi connectivity index (χ2n) is 4.07. The summed E-state index contributed by atoms with van der Waals surface area (Å²) < 4.78 is 74.5. The summed E-state index contributed by atoms with van der Waals surface area (Å²) in [5, 5.41) is 9.32.